The molecule has 154 valence electrons. The molecule has 0 aliphatic heterocycles. The van der Waals surface area contributed by atoms with Gasteiger partial charge in [-0.25, -0.2) is 0 Å². The average molecular weight is 493 g/mol. The van der Waals surface area contributed by atoms with Gasteiger partial charge in [0.05, 0.1) is 28.6 Å². The summed E-state index contributed by atoms with van der Waals surface area (Å²) in [6.45, 7) is 0. The Hall–Kier alpha value is -3.18. The summed E-state index contributed by atoms with van der Waals surface area (Å²) in [4.78, 5) is 21.6. The van der Waals surface area contributed by atoms with Gasteiger partial charge in [0.2, 0.25) is 0 Å². The summed E-state index contributed by atoms with van der Waals surface area (Å²) < 4.78 is 8.89. The van der Waals surface area contributed by atoms with Gasteiger partial charge in [0.1, 0.15) is 0 Å². The van der Waals surface area contributed by atoms with Gasteiger partial charge >= 0.3 is 0 Å². The van der Waals surface area contributed by atoms with Crippen LogP contribution in [-0.2, 0) is 0 Å². The predicted molar refractivity (Wildman–Crippen MR) is 136 cm³/mol. The molecule has 0 bridgehead atoms. The zero-order chi connectivity index (χ0) is 21.7. The number of nitro benzene ring substituents is 2. The Morgan fingerprint density at radius 2 is 0.844 bits per heavy atom. The Morgan fingerprint density at radius 1 is 0.500 bits per heavy atom. The second-order valence-corrected chi connectivity index (χ2v) is 11.7. The van der Waals surface area contributed by atoms with E-state index >= 15 is 0 Å². The van der Waals surface area contributed by atoms with Gasteiger partial charge < -0.3 is 0 Å². The first-order valence-electron chi connectivity index (χ1n) is 9.44. The monoisotopic (exact) mass is 492 g/mol. The van der Waals surface area contributed by atoms with Crippen molar-refractivity contribution in [1.82, 2.24) is 0 Å². The van der Waals surface area contributed by atoms with Gasteiger partial charge in [-0.15, -0.1) is 45.3 Å². The van der Waals surface area contributed by atoms with Crippen molar-refractivity contribution >= 4 is 116 Å². The van der Waals surface area contributed by atoms with Crippen LogP contribution in [0.15, 0.2) is 48.5 Å². The Bertz CT molecular complexity index is 1810. The van der Waals surface area contributed by atoms with Gasteiger partial charge in [0.25, 0.3) is 11.4 Å². The Labute approximate surface area is 193 Å². The van der Waals surface area contributed by atoms with E-state index in [1.807, 2.05) is 12.1 Å². The van der Waals surface area contributed by atoms with Crippen LogP contribution in [0.25, 0.3) is 59.1 Å². The third-order valence-electron chi connectivity index (χ3n) is 5.67. The lowest BCUT2D eigenvalue weighted by atomic mass is 10.2. The third kappa shape index (κ3) is 2.37. The number of nitro groups is 2. The van der Waals surface area contributed by atoms with Crippen molar-refractivity contribution in [2.45, 2.75) is 0 Å². The van der Waals surface area contributed by atoms with Crippen LogP contribution < -0.4 is 0 Å². The van der Waals surface area contributed by atoms with Gasteiger partial charge in [-0.05, 0) is 24.3 Å². The van der Waals surface area contributed by atoms with Crippen LogP contribution in [-0.4, -0.2) is 9.85 Å². The van der Waals surface area contributed by atoms with E-state index in [-0.39, 0.29) is 21.2 Å². The number of thiophene rings is 4. The molecule has 4 heterocycles. The maximum absolute atomic E-state index is 11.1. The van der Waals surface area contributed by atoms with E-state index in [2.05, 4.69) is 12.1 Å². The first-order valence-corrected chi connectivity index (χ1v) is 12.7. The molecular formula is C22H8N2O4S4. The molecule has 7 aromatic rings. The Balaban J connectivity index is 1.51. The molecule has 0 amide bonds. The van der Waals surface area contributed by atoms with E-state index in [1.165, 1.54) is 29.6 Å². The largest absolute Gasteiger partial charge is 0.270 e. The van der Waals surface area contributed by atoms with Crippen molar-refractivity contribution in [3.05, 3.63) is 68.8 Å². The number of hydrogen-bond donors (Lipinski definition) is 0. The minimum Gasteiger partial charge on any atom is -0.258 e. The highest BCUT2D eigenvalue weighted by Crippen LogP contribution is 2.50. The second kappa shape index (κ2) is 6.20. The Morgan fingerprint density at radius 3 is 1.22 bits per heavy atom. The fraction of sp³-hybridized carbons (Fsp3) is 0. The second-order valence-electron chi connectivity index (χ2n) is 7.44. The van der Waals surface area contributed by atoms with Crippen molar-refractivity contribution in [3.8, 4) is 0 Å². The van der Waals surface area contributed by atoms with Crippen LogP contribution in [0.2, 0.25) is 0 Å². The van der Waals surface area contributed by atoms with Crippen LogP contribution in [0.3, 0.4) is 0 Å². The van der Waals surface area contributed by atoms with E-state index in [1.54, 1.807) is 69.6 Å². The van der Waals surface area contributed by atoms with Gasteiger partial charge in [0, 0.05) is 64.6 Å². The number of hydrogen-bond acceptors (Lipinski definition) is 8. The standard InChI is InChI=1S/C22H8N2O4S4/c25-23(26)9-1-3-11-15(5-9)29-21-13-7-18-14(8-17(13)31-19(11)21)22-20(32-18)12-4-2-10(24(27)28)6-16(12)30-22/h1-8H. The minimum atomic E-state index is -0.355. The van der Waals surface area contributed by atoms with Gasteiger partial charge in [-0.2, -0.15) is 0 Å². The van der Waals surface area contributed by atoms with Crippen LogP contribution in [0, 0.1) is 20.2 Å². The van der Waals surface area contributed by atoms with Gasteiger partial charge in [-0.3, -0.25) is 20.2 Å². The number of fused-ring (bicyclic) bond motifs is 10. The molecule has 6 nitrogen and oxygen atoms in total. The predicted octanol–water partition coefficient (Wildman–Crippen LogP) is 8.67. The van der Waals surface area contributed by atoms with E-state index in [0.717, 1.165) is 29.6 Å². The zero-order valence-corrected chi connectivity index (χ0v) is 19.0. The first kappa shape index (κ1) is 18.4. The van der Waals surface area contributed by atoms with E-state index < -0.39 is 0 Å². The molecule has 0 aliphatic carbocycles. The molecule has 0 atom stereocenters. The fourth-order valence-corrected chi connectivity index (χ4v) is 9.61. The highest BCUT2D eigenvalue weighted by atomic mass is 32.1. The van der Waals surface area contributed by atoms with Gasteiger partial charge in [0.15, 0.2) is 0 Å². The number of rotatable bonds is 2. The molecule has 0 aliphatic rings. The lowest BCUT2D eigenvalue weighted by Gasteiger charge is -1.94. The van der Waals surface area contributed by atoms with Crippen LogP contribution >= 0.6 is 45.3 Å². The SMILES string of the molecule is O=[N+]([O-])c1ccc2c(c1)sc1c3cc4sc5c6ccc([N+](=O)[O-])cc6sc5c4cc3sc21. The van der Waals surface area contributed by atoms with E-state index in [9.17, 15) is 20.2 Å². The van der Waals surface area contributed by atoms with Crippen molar-refractivity contribution < 1.29 is 9.85 Å². The molecule has 0 N–H and O–H groups in total. The molecule has 0 saturated heterocycles. The minimum absolute atomic E-state index is 0.115. The number of nitrogens with zero attached hydrogens (tertiary/aromatic N) is 2. The molecule has 3 aromatic carbocycles. The van der Waals surface area contributed by atoms with Crippen LogP contribution in [0.4, 0.5) is 11.4 Å². The summed E-state index contributed by atoms with van der Waals surface area (Å²) in [5, 5.41) is 26.7. The summed E-state index contributed by atoms with van der Waals surface area (Å²) in [7, 11) is 0. The van der Waals surface area contributed by atoms with Crippen molar-refractivity contribution in [2.75, 3.05) is 0 Å². The third-order valence-corrected chi connectivity index (χ3v) is 10.7. The van der Waals surface area contributed by atoms with Crippen molar-refractivity contribution in [1.29, 1.82) is 0 Å². The summed E-state index contributed by atoms with van der Waals surface area (Å²) in [5.41, 5.74) is 0.229. The normalized spacial score (nSPS) is 12.2. The summed E-state index contributed by atoms with van der Waals surface area (Å²) >= 11 is 6.63. The zero-order valence-electron chi connectivity index (χ0n) is 15.8. The fourth-order valence-electron chi connectivity index (χ4n) is 4.21. The van der Waals surface area contributed by atoms with Crippen molar-refractivity contribution in [3.63, 3.8) is 0 Å². The number of non-ortho nitro benzene ring substituents is 2. The highest BCUT2D eigenvalue weighted by molar-refractivity contribution is 7.38. The topological polar surface area (TPSA) is 86.3 Å². The maximum Gasteiger partial charge on any atom is 0.270 e. The molecular weight excluding hydrogens is 485 g/mol. The molecule has 7 rings (SSSR count). The highest BCUT2D eigenvalue weighted by Gasteiger charge is 2.19. The van der Waals surface area contributed by atoms with Crippen LogP contribution in [0.1, 0.15) is 0 Å². The molecule has 0 unspecified atom stereocenters. The Kier molecular flexibility index (Phi) is 3.56. The molecule has 4 aromatic heterocycles. The first-order chi connectivity index (χ1) is 15.5. The smallest absolute Gasteiger partial charge is 0.258 e. The average Bonchev–Trinajstić information content (AvgIpc) is 3.49. The number of benzene rings is 3. The quantitative estimate of drug-likeness (QED) is 0.178. The summed E-state index contributed by atoms with van der Waals surface area (Å²) in [5.74, 6) is 0. The van der Waals surface area contributed by atoms with E-state index in [0.29, 0.717) is 0 Å². The lowest BCUT2D eigenvalue weighted by Crippen LogP contribution is -1.85. The molecule has 0 saturated carbocycles. The maximum atomic E-state index is 11.1. The van der Waals surface area contributed by atoms with Crippen LogP contribution in [0.5, 0.6) is 0 Å². The molecule has 32 heavy (non-hydrogen) atoms. The summed E-state index contributed by atoms with van der Waals surface area (Å²) in [6.07, 6.45) is 0. The lowest BCUT2D eigenvalue weighted by molar-refractivity contribution is -0.384. The molecule has 0 spiro atoms. The van der Waals surface area contributed by atoms with Gasteiger partial charge in [-0.1, -0.05) is 0 Å². The molecule has 0 fully saturated rings. The molecule has 10 heteroatoms. The molecule has 0 radical (unpaired) electrons. The van der Waals surface area contributed by atoms with Crippen molar-refractivity contribution in [2.24, 2.45) is 0 Å². The van der Waals surface area contributed by atoms with E-state index in [4.69, 9.17) is 0 Å². The summed E-state index contributed by atoms with van der Waals surface area (Å²) in [6, 6.07) is 14.6.